The van der Waals surface area contributed by atoms with E-state index in [-0.39, 0.29) is 44.3 Å². The van der Waals surface area contributed by atoms with Gasteiger partial charge in [0.1, 0.15) is 19.3 Å². The molecule has 0 aromatic carbocycles. The van der Waals surface area contributed by atoms with Crippen molar-refractivity contribution in [2.24, 2.45) is 0 Å². The van der Waals surface area contributed by atoms with Gasteiger partial charge in [0.2, 0.25) is 0 Å². The molecule has 9 nitrogen and oxygen atoms in total. The van der Waals surface area contributed by atoms with Crippen molar-refractivity contribution >= 4 is 17.9 Å². The summed E-state index contributed by atoms with van der Waals surface area (Å²) in [7, 11) is 0. The molecule has 0 aliphatic rings. The summed E-state index contributed by atoms with van der Waals surface area (Å²) in [5.41, 5.74) is 0. The van der Waals surface area contributed by atoms with Crippen LogP contribution in [0.1, 0.15) is 252 Å². The van der Waals surface area contributed by atoms with Gasteiger partial charge < -0.3 is 29.5 Å². The first-order valence-electron chi connectivity index (χ1n) is 24.2. The molecule has 0 radical (unpaired) electrons. The molecule has 0 amide bonds. The van der Waals surface area contributed by atoms with Crippen LogP contribution >= 0.6 is 0 Å². The summed E-state index contributed by atoms with van der Waals surface area (Å²) in [6.45, 7) is 5.90. The molecule has 0 aromatic heterocycles. The molecule has 0 rings (SSSR count). The van der Waals surface area contributed by atoms with Crippen molar-refractivity contribution in [1.29, 1.82) is 0 Å². The third-order valence-electron chi connectivity index (χ3n) is 10.5. The van der Waals surface area contributed by atoms with Crippen molar-refractivity contribution in [3.63, 3.8) is 0 Å². The zero-order chi connectivity index (χ0) is 42.3. The van der Waals surface area contributed by atoms with Gasteiger partial charge in [-0.15, -0.1) is 0 Å². The highest BCUT2D eigenvalue weighted by molar-refractivity contribution is 5.71. The van der Waals surface area contributed by atoms with Crippen LogP contribution in [0.5, 0.6) is 0 Å². The number of aliphatic hydroxyl groups is 3. The average molecular weight is 815 g/mol. The SMILES string of the molecule is CCCCCCCCCCCCCC(=O)OCC(COC(=O)CCCCCCCCCCCCC)OC(=O)CCCCCCCCCCCCC.OCC(O)CO. The molecular formula is C48H94O9. The van der Waals surface area contributed by atoms with Crippen LogP contribution in [0.2, 0.25) is 0 Å². The monoisotopic (exact) mass is 815 g/mol. The minimum absolute atomic E-state index is 0.0629. The summed E-state index contributed by atoms with van der Waals surface area (Å²) in [5, 5.41) is 24.0. The third kappa shape index (κ3) is 48.6. The lowest BCUT2D eigenvalue weighted by Crippen LogP contribution is -2.30. The quantitative estimate of drug-likeness (QED) is 0.0312. The molecule has 340 valence electrons. The molecule has 0 aliphatic carbocycles. The molecule has 0 heterocycles. The predicted molar refractivity (Wildman–Crippen MR) is 235 cm³/mol. The Kier molecular flexibility index (Phi) is 49.0. The van der Waals surface area contributed by atoms with Crippen molar-refractivity contribution < 1.29 is 43.9 Å². The van der Waals surface area contributed by atoms with E-state index in [9.17, 15) is 14.4 Å². The van der Waals surface area contributed by atoms with Crippen molar-refractivity contribution in [2.75, 3.05) is 26.4 Å². The van der Waals surface area contributed by atoms with E-state index < -0.39 is 12.2 Å². The fraction of sp³-hybridized carbons (Fsp3) is 0.938. The number of rotatable bonds is 43. The van der Waals surface area contributed by atoms with Crippen LogP contribution in [0.3, 0.4) is 0 Å². The van der Waals surface area contributed by atoms with Gasteiger partial charge in [-0.1, -0.05) is 213 Å². The highest BCUT2D eigenvalue weighted by Gasteiger charge is 2.19. The van der Waals surface area contributed by atoms with Crippen LogP contribution in [-0.2, 0) is 28.6 Å². The van der Waals surface area contributed by atoms with Crippen LogP contribution in [0.4, 0.5) is 0 Å². The summed E-state index contributed by atoms with van der Waals surface area (Å²) < 4.78 is 16.7. The lowest BCUT2D eigenvalue weighted by Gasteiger charge is -2.18. The predicted octanol–water partition coefficient (Wildman–Crippen LogP) is 12.4. The molecular weight excluding hydrogens is 721 g/mol. The van der Waals surface area contributed by atoms with E-state index in [2.05, 4.69) is 20.8 Å². The van der Waals surface area contributed by atoms with Crippen LogP contribution in [0, 0.1) is 0 Å². The number of aliphatic hydroxyl groups excluding tert-OH is 3. The number of esters is 3. The standard InChI is InChI=1S/C45H86O6.C3H8O3/c1-4-7-10-13-16-19-22-25-28-31-34-37-43(46)49-40-42(51-45(48)39-36-33-30-27-24-21-18-15-12-9-6-3)41-50-44(47)38-35-32-29-26-23-20-17-14-11-8-5-2;4-1-3(6)2-5/h42H,4-41H2,1-3H3;3-6H,1-2H2. The molecule has 0 spiro atoms. The Labute approximate surface area is 351 Å². The molecule has 0 saturated carbocycles. The average Bonchev–Trinajstić information content (AvgIpc) is 3.21. The number of carbonyl (C=O) groups is 3. The Hall–Kier alpha value is -1.71. The lowest BCUT2D eigenvalue weighted by molar-refractivity contribution is -0.167. The maximum atomic E-state index is 12.7. The van der Waals surface area contributed by atoms with Crippen LogP contribution in [0.15, 0.2) is 0 Å². The van der Waals surface area contributed by atoms with Gasteiger partial charge in [-0.05, 0) is 19.3 Å². The number of hydrogen-bond donors (Lipinski definition) is 3. The summed E-state index contributed by atoms with van der Waals surface area (Å²) >= 11 is 0. The highest BCUT2D eigenvalue weighted by Crippen LogP contribution is 2.15. The van der Waals surface area contributed by atoms with E-state index in [4.69, 9.17) is 29.5 Å². The second kappa shape index (κ2) is 48.7. The van der Waals surface area contributed by atoms with E-state index in [1.54, 1.807) is 0 Å². The normalized spacial score (nSPS) is 11.2. The Balaban J connectivity index is 0. The Bertz CT molecular complexity index is 791. The first-order chi connectivity index (χ1) is 27.8. The third-order valence-corrected chi connectivity index (χ3v) is 10.5. The van der Waals surface area contributed by atoms with Crippen molar-refractivity contribution in [3.8, 4) is 0 Å². The van der Waals surface area contributed by atoms with Gasteiger partial charge in [0.05, 0.1) is 13.2 Å². The van der Waals surface area contributed by atoms with Gasteiger partial charge in [0, 0.05) is 19.3 Å². The Morgan fingerprint density at radius 3 is 0.825 bits per heavy atom. The van der Waals surface area contributed by atoms with Gasteiger partial charge in [-0.25, -0.2) is 0 Å². The second-order valence-electron chi connectivity index (χ2n) is 16.4. The minimum atomic E-state index is -0.954. The van der Waals surface area contributed by atoms with Crippen LogP contribution in [0.25, 0.3) is 0 Å². The fourth-order valence-electron chi connectivity index (χ4n) is 6.74. The highest BCUT2D eigenvalue weighted by atomic mass is 16.6. The molecule has 0 aliphatic heterocycles. The minimum Gasteiger partial charge on any atom is -0.462 e. The summed E-state index contributed by atoms with van der Waals surface area (Å²) in [6, 6.07) is 0. The maximum Gasteiger partial charge on any atom is 0.306 e. The molecule has 0 saturated heterocycles. The van der Waals surface area contributed by atoms with Gasteiger partial charge in [-0.2, -0.15) is 0 Å². The molecule has 0 aromatic rings. The topological polar surface area (TPSA) is 140 Å². The summed E-state index contributed by atoms with van der Waals surface area (Å²) in [4.78, 5) is 37.6. The summed E-state index contributed by atoms with van der Waals surface area (Å²) in [5.74, 6) is -0.854. The zero-order valence-electron chi connectivity index (χ0n) is 37.7. The van der Waals surface area contributed by atoms with Gasteiger partial charge in [0.25, 0.3) is 0 Å². The zero-order valence-corrected chi connectivity index (χ0v) is 37.7. The number of carbonyl (C=O) groups excluding carboxylic acids is 3. The van der Waals surface area contributed by atoms with Crippen molar-refractivity contribution in [1.82, 2.24) is 0 Å². The van der Waals surface area contributed by atoms with E-state index in [1.165, 1.54) is 154 Å². The Morgan fingerprint density at radius 1 is 0.368 bits per heavy atom. The molecule has 0 atom stereocenters. The first kappa shape index (κ1) is 57.4. The molecule has 0 unspecified atom stereocenters. The van der Waals surface area contributed by atoms with Gasteiger partial charge in [-0.3, -0.25) is 14.4 Å². The molecule has 3 N–H and O–H groups in total. The van der Waals surface area contributed by atoms with Crippen LogP contribution < -0.4 is 0 Å². The van der Waals surface area contributed by atoms with Crippen molar-refractivity contribution in [2.45, 2.75) is 264 Å². The molecule has 9 heteroatoms. The lowest BCUT2D eigenvalue weighted by atomic mass is 10.1. The van der Waals surface area contributed by atoms with E-state index in [0.717, 1.165) is 57.8 Å². The number of ether oxygens (including phenoxy) is 3. The fourth-order valence-corrected chi connectivity index (χ4v) is 6.74. The van der Waals surface area contributed by atoms with Crippen molar-refractivity contribution in [3.05, 3.63) is 0 Å². The second-order valence-corrected chi connectivity index (χ2v) is 16.4. The van der Waals surface area contributed by atoms with E-state index in [0.29, 0.717) is 19.3 Å². The summed E-state index contributed by atoms with van der Waals surface area (Å²) in [6.07, 6.45) is 39.8. The van der Waals surface area contributed by atoms with Gasteiger partial charge >= 0.3 is 17.9 Å². The Morgan fingerprint density at radius 2 is 0.596 bits per heavy atom. The maximum absolute atomic E-state index is 12.7. The molecule has 57 heavy (non-hydrogen) atoms. The first-order valence-corrected chi connectivity index (χ1v) is 24.2. The van der Waals surface area contributed by atoms with E-state index in [1.807, 2.05) is 0 Å². The van der Waals surface area contributed by atoms with E-state index >= 15 is 0 Å². The van der Waals surface area contributed by atoms with Crippen LogP contribution in [-0.4, -0.2) is 71.9 Å². The number of unbranched alkanes of at least 4 members (excludes halogenated alkanes) is 30. The van der Waals surface area contributed by atoms with Gasteiger partial charge in [0.15, 0.2) is 6.10 Å². The molecule has 0 fully saturated rings. The smallest absolute Gasteiger partial charge is 0.306 e. The number of hydrogen-bond acceptors (Lipinski definition) is 9. The molecule has 0 bridgehead atoms. The largest absolute Gasteiger partial charge is 0.462 e.